The van der Waals surface area contributed by atoms with E-state index in [1.54, 1.807) is 6.07 Å². The van der Waals surface area contributed by atoms with Gasteiger partial charge in [0, 0.05) is 17.6 Å². The van der Waals surface area contributed by atoms with Crippen molar-refractivity contribution in [3.05, 3.63) is 71.5 Å². The van der Waals surface area contributed by atoms with Crippen molar-refractivity contribution < 1.29 is 4.39 Å². The minimum absolute atomic E-state index is 0.0126. The van der Waals surface area contributed by atoms with Crippen molar-refractivity contribution >= 4 is 0 Å². The van der Waals surface area contributed by atoms with Gasteiger partial charge in [-0.1, -0.05) is 48.5 Å². The summed E-state index contributed by atoms with van der Waals surface area (Å²) in [7, 11) is 0. The van der Waals surface area contributed by atoms with Crippen LogP contribution in [0.3, 0.4) is 0 Å². The molecule has 1 nitrogen and oxygen atoms in total. The number of rotatable bonds is 4. The van der Waals surface area contributed by atoms with Gasteiger partial charge in [0.2, 0.25) is 0 Å². The van der Waals surface area contributed by atoms with E-state index >= 15 is 0 Å². The third-order valence-corrected chi connectivity index (χ3v) is 3.17. The smallest absolute Gasteiger partial charge is 0.127 e. The van der Waals surface area contributed by atoms with Gasteiger partial charge in [0.1, 0.15) is 5.82 Å². The fourth-order valence-corrected chi connectivity index (χ4v) is 2.13. The van der Waals surface area contributed by atoms with Crippen molar-refractivity contribution in [2.75, 3.05) is 0 Å². The Balaban J connectivity index is 2.08. The molecule has 0 aliphatic heterocycles. The van der Waals surface area contributed by atoms with Crippen molar-refractivity contribution in [1.82, 2.24) is 5.32 Å². The molecule has 1 N–H and O–H groups in total. The predicted molar refractivity (Wildman–Crippen MR) is 72.8 cm³/mol. The lowest BCUT2D eigenvalue weighted by Gasteiger charge is -2.21. The molecule has 18 heavy (non-hydrogen) atoms. The maximum absolute atomic E-state index is 13.7. The van der Waals surface area contributed by atoms with Crippen LogP contribution in [0.1, 0.15) is 37.1 Å². The topological polar surface area (TPSA) is 12.0 Å². The molecule has 0 spiro atoms. The van der Waals surface area contributed by atoms with E-state index in [0.29, 0.717) is 5.56 Å². The average molecular weight is 243 g/mol. The van der Waals surface area contributed by atoms with Crippen LogP contribution in [0, 0.1) is 5.82 Å². The summed E-state index contributed by atoms with van der Waals surface area (Å²) in [5, 5.41) is 3.41. The van der Waals surface area contributed by atoms with Crippen LogP contribution in [-0.2, 0) is 0 Å². The normalized spacial score (nSPS) is 14.2. The molecule has 94 valence electrons. The molecule has 2 aromatic carbocycles. The molecule has 0 aliphatic rings. The third-order valence-electron chi connectivity index (χ3n) is 3.17. The Labute approximate surface area is 108 Å². The molecule has 0 saturated heterocycles. The minimum atomic E-state index is -0.155. The summed E-state index contributed by atoms with van der Waals surface area (Å²) in [6, 6.07) is 17.3. The highest BCUT2D eigenvalue weighted by molar-refractivity contribution is 5.22. The second-order valence-electron chi connectivity index (χ2n) is 4.54. The lowest BCUT2D eigenvalue weighted by molar-refractivity contribution is 0.474. The summed E-state index contributed by atoms with van der Waals surface area (Å²) in [5.74, 6) is -0.155. The Hall–Kier alpha value is -1.67. The van der Waals surface area contributed by atoms with E-state index in [-0.39, 0.29) is 17.9 Å². The first-order valence-corrected chi connectivity index (χ1v) is 6.24. The Morgan fingerprint density at radius 1 is 0.833 bits per heavy atom. The minimum Gasteiger partial charge on any atom is -0.304 e. The quantitative estimate of drug-likeness (QED) is 0.847. The van der Waals surface area contributed by atoms with Gasteiger partial charge in [-0.15, -0.1) is 0 Å². The first-order chi connectivity index (χ1) is 8.68. The standard InChI is InChI=1S/C16H18FN/c1-12(14-8-4-3-5-9-14)18-13(2)15-10-6-7-11-16(15)17/h3-13,18H,1-2H3. The molecule has 2 unspecified atom stereocenters. The van der Waals surface area contributed by atoms with Crippen LogP contribution in [0.4, 0.5) is 4.39 Å². The highest BCUT2D eigenvalue weighted by atomic mass is 19.1. The molecule has 0 amide bonds. The Kier molecular flexibility index (Phi) is 4.11. The molecule has 0 aliphatic carbocycles. The van der Waals surface area contributed by atoms with E-state index in [2.05, 4.69) is 24.4 Å². The number of benzene rings is 2. The average Bonchev–Trinajstić information content (AvgIpc) is 2.40. The van der Waals surface area contributed by atoms with Crippen LogP contribution in [0.5, 0.6) is 0 Å². The molecule has 0 fully saturated rings. The van der Waals surface area contributed by atoms with Crippen LogP contribution >= 0.6 is 0 Å². The van der Waals surface area contributed by atoms with E-state index in [1.165, 1.54) is 11.6 Å². The molecule has 0 aromatic heterocycles. The van der Waals surface area contributed by atoms with E-state index in [4.69, 9.17) is 0 Å². The van der Waals surface area contributed by atoms with Crippen molar-refractivity contribution in [3.8, 4) is 0 Å². The SMILES string of the molecule is CC(NC(C)c1ccccc1F)c1ccccc1. The van der Waals surface area contributed by atoms with Crippen molar-refractivity contribution in [2.24, 2.45) is 0 Å². The first-order valence-electron chi connectivity index (χ1n) is 6.24. The molecule has 2 atom stereocenters. The van der Waals surface area contributed by atoms with E-state index < -0.39 is 0 Å². The number of hydrogen-bond donors (Lipinski definition) is 1. The van der Waals surface area contributed by atoms with Crippen LogP contribution < -0.4 is 5.32 Å². The van der Waals surface area contributed by atoms with Gasteiger partial charge in [-0.3, -0.25) is 0 Å². The Morgan fingerprint density at radius 3 is 2.11 bits per heavy atom. The highest BCUT2D eigenvalue weighted by Gasteiger charge is 2.13. The van der Waals surface area contributed by atoms with Crippen molar-refractivity contribution in [3.63, 3.8) is 0 Å². The second-order valence-corrected chi connectivity index (χ2v) is 4.54. The van der Waals surface area contributed by atoms with Gasteiger partial charge >= 0.3 is 0 Å². The summed E-state index contributed by atoms with van der Waals surface area (Å²) in [6.07, 6.45) is 0. The maximum Gasteiger partial charge on any atom is 0.127 e. The lowest BCUT2D eigenvalue weighted by atomic mass is 10.0. The molecular weight excluding hydrogens is 225 g/mol. The van der Waals surface area contributed by atoms with E-state index in [9.17, 15) is 4.39 Å². The molecule has 0 saturated carbocycles. The summed E-state index contributed by atoms with van der Waals surface area (Å²) in [4.78, 5) is 0. The third kappa shape index (κ3) is 2.96. The largest absolute Gasteiger partial charge is 0.304 e. The van der Waals surface area contributed by atoms with Crippen LogP contribution in [-0.4, -0.2) is 0 Å². The number of halogens is 1. The number of hydrogen-bond acceptors (Lipinski definition) is 1. The van der Waals surface area contributed by atoms with Gasteiger partial charge in [0.25, 0.3) is 0 Å². The molecule has 2 rings (SSSR count). The molecule has 0 heterocycles. The molecule has 0 bridgehead atoms. The van der Waals surface area contributed by atoms with Gasteiger partial charge in [-0.25, -0.2) is 4.39 Å². The second kappa shape index (κ2) is 5.78. The first kappa shape index (κ1) is 12.8. The van der Waals surface area contributed by atoms with Gasteiger partial charge in [0.05, 0.1) is 0 Å². The molecular formula is C16H18FN. The van der Waals surface area contributed by atoms with Gasteiger partial charge in [-0.2, -0.15) is 0 Å². The Bertz CT molecular complexity index is 495. The highest BCUT2D eigenvalue weighted by Crippen LogP contribution is 2.21. The zero-order chi connectivity index (χ0) is 13.0. The van der Waals surface area contributed by atoms with E-state index in [0.717, 1.165) is 0 Å². The molecule has 2 aromatic rings. The van der Waals surface area contributed by atoms with Gasteiger partial charge in [0.15, 0.2) is 0 Å². The summed E-state index contributed by atoms with van der Waals surface area (Å²) in [5.41, 5.74) is 1.92. The van der Waals surface area contributed by atoms with Crippen LogP contribution in [0.15, 0.2) is 54.6 Å². The van der Waals surface area contributed by atoms with Crippen LogP contribution in [0.25, 0.3) is 0 Å². The van der Waals surface area contributed by atoms with Crippen molar-refractivity contribution in [1.29, 1.82) is 0 Å². The van der Waals surface area contributed by atoms with Gasteiger partial charge in [-0.05, 0) is 25.5 Å². The zero-order valence-corrected chi connectivity index (χ0v) is 10.7. The summed E-state index contributed by atoms with van der Waals surface area (Å²) < 4.78 is 13.7. The fourth-order valence-electron chi connectivity index (χ4n) is 2.13. The van der Waals surface area contributed by atoms with Gasteiger partial charge < -0.3 is 5.32 Å². The summed E-state index contributed by atoms with van der Waals surface area (Å²) in [6.45, 7) is 4.07. The van der Waals surface area contributed by atoms with E-state index in [1.807, 2.05) is 37.3 Å². The molecule has 2 heteroatoms. The molecule has 0 radical (unpaired) electrons. The van der Waals surface area contributed by atoms with Crippen LogP contribution in [0.2, 0.25) is 0 Å². The fraction of sp³-hybridized carbons (Fsp3) is 0.250. The lowest BCUT2D eigenvalue weighted by Crippen LogP contribution is -2.23. The summed E-state index contributed by atoms with van der Waals surface area (Å²) >= 11 is 0. The number of nitrogens with one attached hydrogen (secondary N) is 1. The predicted octanol–water partition coefficient (Wildman–Crippen LogP) is 4.24. The van der Waals surface area contributed by atoms with Crippen molar-refractivity contribution in [2.45, 2.75) is 25.9 Å². The maximum atomic E-state index is 13.7. The monoisotopic (exact) mass is 243 g/mol. The Morgan fingerprint density at radius 2 is 1.44 bits per heavy atom. The zero-order valence-electron chi connectivity index (χ0n) is 10.7.